The summed E-state index contributed by atoms with van der Waals surface area (Å²) in [4.78, 5) is 4.07. The Hall–Kier alpha value is -0.600. The lowest BCUT2D eigenvalue weighted by Gasteiger charge is -2.31. The molecular formula is C10H15ClN2. The molecule has 1 aromatic heterocycles. The van der Waals surface area contributed by atoms with Crippen molar-refractivity contribution in [2.24, 2.45) is 11.7 Å². The first-order valence-corrected chi connectivity index (χ1v) is 4.53. The zero-order valence-electron chi connectivity index (χ0n) is 7.52. The van der Waals surface area contributed by atoms with E-state index in [0.29, 0.717) is 5.92 Å². The number of pyridine rings is 1. The second-order valence-electron chi connectivity index (χ2n) is 3.50. The van der Waals surface area contributed by atoms with Gasteiger partial charge in [-0.05, 0) is 30.4 Å². The van der Waals surface area contributed by atoms with Crippen molar-refractivity contribution in [3.05, 3.63) is 30.1 Å². The zero-order chi connectivity index (χ0) is 8.39. The number of aromatic nitrogens is 1. The van der Waals surface area contributed by atoms with E-state index in [2.05, 4.69) is 11.1 Å². The highest BCUT2D eigenvalue weighted by atomic mass is 35.5. The molecule has 2 N–H and O–H groups in total. The summed E-state index contributed by atoms with van der Waals surface area (Å²) in [5.41, 5.74) is 7.24. The van der Waals surface area contributed by atoms with Crippen LogP contribution in [0.15, 0.2) is 24.5 Å². The van der Waals surface area contributed by atoms with Crippen LogP contribution in [0.5, 0.6) is 0 Å². The van der Waals surface area contributed by atoms with E-state index in [4.69, 9.17) is 5.73 Å². The van der Waals surface area contributed by atoms with Crippen molar-refractivity contribution in [2.45, 2.75) is 25.3 Å². The van der Waals surface area contributed by atoms with Crippen LogP contribution in [0.4, 0.5) is 0 Å². The summed E-state index contributed by atoms with van der Waals surface area (Å²) in [6.45, 7) is 0. The molecule has 1 aliphatic carbocycles. The smallest absolute Gasteiger partial charge is 0.0338 e. The van der Waals surface area contributed by atoms with Gasteiger partial charge in [-0.15, -0.1) is 12.4 Å². The van der Waals surface area contributed by atoms with Gasteiger partial charge in [-0.2, -0.15) is 0 Å². The molecule has 1 aromatic rings. The van der Waals surface area contributed by atoms with Gasteiger partial charge in [0.15, 0.2) is 0 Å². The Balaban J connectivity index is 0.000000845. The van der Waals surface area contributed by atoms with Gasteiger partial charge in [0.05, 0.1) is 0 Å². The predicted octanol–water partition coefficient (Wildman–Crippen LogP) is 2.30. The maximum absolute atomic E-state index is 6.06. The molecule has 0 aromatic carbocycles. The third kappa shape index (κ3) is 2.20. The first-order chi connectivity index (χ1) is 5.88. The molecule has 0 unspecified atom stereocenters. The Morgan fingerprint density at radius 1 is 1.46 bits per heavy atom. The zero-order valence-corrected chi connectivity index (χ0v) is 8.33. The second kappa shape index (κ2) is 4.58. The third-order valence-corrected chi connectivity index (χ3v) is 2.73. The number of hydrogen-bond acceptors (Lipinski definition) is 2. The lowest BCUT2D eigenvalue weighted by Crippen LogP contribution is -2.26. The quantitative estimate of drug-likeness (QED) is 0.792. The molecule has 0 spiro atoms. The minimum absolute atomic E-state index is 0. The number of nitrogens with zero attached hydrogens (tertiary/aromatic N) is 1. The molecule has 0 saturated heterocycles. The molecule has 1 saturated carbocycles. The summed E-state index contributed by atoms with van der Waals surface area (Å²) >= 11 is 0. The molecule has 0 aliphatic heterocycles. The minimum Gasteiger partial charge on any atom is -0.324 e. The molecule has 1 aliphatic rings. The molecule has 0 amide bonds. The number of nitrogens with two attached hydrogens (primary N) is 1. The van der Waals surface area contributed by atoms with Gasteiger partial charge in [0.2, 0.25) is 0 Å². The highest BCUT2D eigenvalue weighted by Crippen LogP contribution is 2.35. The maximum Gasteiger partial charge on any atom is 0.0338 e. The highest BCUT2D eigenvalue weighted by Gasteiger charge is 2.25. The van der Waals surface area contributed by atoms with Gasteiger partial charge in [-0.3, -0.25) is 4.98 Å². The molecule has 0 bridgehead atoms. The van der Waals surface area contributed by atoms with Crippen LogP contribution < -0.4 is 5.73 Å². The molecule has 13 heavy (non-hydrogen) atoms. The molecule has 1 fully saturated rings. The Labute approximate surface area is 85.0 Å². The SMILES string of the molecule is Cl.N[C@H](c1cccnc1)C1CCC1. The van der Waals surface area contributed by atoms with E-state index in [1.54, 1.807) is 6.20 Å². The van der Waals surface area contributed by atoms with Gasteiger partial charge in [0.25, 0.3) is 0 Å². The Morgan fingerprint density at radius 3 is 2.69 bits per heavy atom. The standard InChI is InChI=1S/C10H14N2.ClH/c11-10(8-3-1-4-8)9-5-2-6-12-7-9;/h2,5-8,10H,1,3-4,11H2;1H/t10-;/m0./s1. The molecule has 0 radical (unpaired) electrons. The number of halogens is 1. The number of rotatable bonds is 2. The fraction of sp³-hybridized carbons (Fsp3) is 0.500. The van der Waals surface area contributed by atoms with Crippen LogP contribution in [0.25, 0.3) is 0 Å². The Bertz CT molecular complexity index is 246. The molecular weight excluding hydrogens is 184 g/mol. The maximum atomic E-state index is 6.06. The molecule has 1 heterocycles. The molecule has 2 rings (SSSR count). The fourth-order valence-corrected chi connectivity index (χ4v) is 1.64. The molecule has 2 nitrogen and oxygen atoms in total. The van der Waals surface area contributed by atoms with E-state index in [1.807, 2.05) is 12.3 Å². The summed E-state index contributed by atoms with van der Waals surface area (Å²) < 4.78 is 0. The average molecular weight is 199 g/mol. The summed E-state index contributed by atoms with van der Waals surface area (Å²) in [5.74, 6) is 0.703. The van der Waals surface area contributed by atoms with Gasteiger partial charge >= 0.3 is 0 Å². The van der Waals surface area contributed by atoms with Crippen molar-refractivity contribution < 1.29 is 0 Å². The van der Waals surface area contributed by atoms with Crippen molar-refractivity contribution in [1.82, 2.24) is 4.98 Å². The molecule has 3 heteroatoms. The van der Waals surface area contributed by atoms with Crippen LogP contribution in [0.1, 0.15) is 30.9 Å². The van der Waals surface area contributed by atoms with Gasteiger partial charge in [-0.25, -0.2) is 0 Å². The average Bonchev–Trinajstić information content (AvgIpc) is 2.03. The molecule has 1 atom stereocenters. The van der Waals surface area contributed by atoms with Gasteiger partial charge < -0.3 is 5.73 Å². The van der Waals surface area contributed by atoms with Crippen LogP contribution in [0.2, 0.25) is 0 Å². The van der Waals surface area contributed by atoms with Gasteiger partial charge in [-0.1, -0.05) is 12.5 Å². The first-order valence-electron chi connectivity index (χ1n) is 4.53. The number of hydrogen-bond donors (Lipinski definition) is 1. The van der Waals surface area contributed by atoms with Crippen LogP contribution in [-0.2, 0) is 0 Å². The lowest BCUT2D eigenvalue weighted by atomic mass is 9.78. The largest absolute Gasteiger partial charge is 0.324 e. The van der Waals surface area contributed by atoms with E-state index >= 15 is 0 Å². The normalized spacial score (nSPS) is 18.5. The van der Waals surface area contributed by atoms with Crippen molar-refractivity contribution >= 4 is 12.4 Å². The summed E-state index contributed by atoms with van der Waals surface area (Å²) in [6, 6.07) is 4.23. The first kappa shape index (κ1) is 10.5. The highest BCUT2D eigenvalue weighted by molar-refractivity contribution is 5.85. The van der Waals surface area contributed by atoms with E-state index < -0.39 is 0 Å². The Morgan fingerprint density at radius 2 is 2.23 bits per heavy atom. The summed E-state index contributed by atoms with van der Waals surface area (Å²) in [6.07, 6.45) is 7.59. The fourth-order valence-electron chi connectivity index (χ4n) is 1.64. The summed E-state index contributed by atoms with van der Waals surface area (Å²) in [5, 5.41) is 0. The van der Waals surface area contributed by atoms with Crippen LogP contribution >= 0.6 is 12.4 Å². The van der Waals surface area contributed by atoms with E-state index in [1.165, 1.54) is 24.8 Å². The van der Waals surface area contributed by atoms with Crippen molar-refractivity contribution in [3.63, 3.8) is 0 Å². The van der Waals surface area contributed by atoms with E-state index in [-0.39, 0.29) is 18.4 Å². The van der Waals surface area contributed by atoms with E-state index in [0.717, 1.165) is 0 Å². The second-order valence-corrected chi connectivity index (χ2v) is 3.50. The molecule has 72 valence electrons. The van der Waals surface area contributed by atoms with E-state index in [9.17, 15) is 0 Å². The van der Waals surface area contributed by atoms with Crippen LogP contribution in [0.3, 0.4) is 0 Å². The van der Waals surface area contributed by atoms with Crippen molar-refractivity contribution in [2.75, 3.05) is 0 Å². The van der Waals surface area contributed by atoms with Crippen LogP contribution in [0, 0.1) is 5.92 Å². The van der Waals surface area contributed by atoms with Gasteiger partial charge in [0, 0.05) is 18.4 Å². The van der Waals surface area contributed by atoms with Crippen molar-refractivity contribution in [1.29, 1.82) is 0 Å². The summed E-state index contributed by atoms with van der Waals surface area (Å²) in [7, 11) is 0. The lowest BCUT2D eigenvalue weighted by molar-refractivity contribution is 0.264. The topological polar surface area (TPSA) is 38.9 Å². The predicted molar refractivity (Wildman–Crippen MR) is 55.8 cm³/mol. The van der Waals surface area contributed by atoms with Crippen LogP contribution in [-0.4, -0.2) is 4.98 Å². The van der Waals surface area contributed by atoms with Gasteiger partial charge in [0.1, 0.15) is 0 Å². The minimum atomic E-state index is 0. The Kier molecular flexibility index (Phi) is 3.70. The third-order valence-electron chi connectivity index (χ3n) is 2.73. The monoisotopic (exact) mass is 198 g/mol. The van der Waals surface area contributed by atoms with Crippen molar-refractivity contribution in [3.8, 4) is 0 Å².